The number of benzene rings is 1. The standard InChI is InChI=1S/C12H18N2O3S/c13-11-4-2-10(3-5-11)8-18(16,17)14-12(9-15)6-1-7-12/h2-5,14-15H,1,6-9,13H2. The lowest BCUT2D eigenvalue weighted by Crippen LogP contribution is -2.56. The van der Waals surface area contributed by atoms with E-state index in [0.717, 1.165) is 6.42 Å². The molecule has 2 rings (SSSR count). The van der Waals surface area contributed by atoms with Crippen LogP contribution < -0.4 is 10.5 Å². The van der Waals surface area contributed by atoms with Gasteiger partial charge in [0.25, 0.3) is 0 Å². The van der Waals surface area contributed by atoms with E-state index in [0.29, 0.717) is 24.1 Å². The molecule has 1 aliphatic rings. The minimum absolute atomic E-state index is 0.0883. The Hall–Kier alpha value is -1.11. The number of sulfonamides is 1. The van der Waals surface area contributed by atoms with Crippen molar-refractivity contribution in [1.82, 2.24) is 4.72 Å². The van der Waals surface area contributed by atoms with E-state index < -0.39 is 15.6 Å². The summed E-state index contributed by atoms with van der Waals surface area (Å²) in [6.45, 7) is -0.145. The van der Waals surface area contributed by atoms with Crippen molar-refractivity contribution >= 4 is 15.7 Å². The normalized spacial score (nSPS) is 18.3. The molecule has 0 aromatic heterocycles. The molecule has 1 fully saturated rings. The average molecular weight is 270 g/mol. The van der Waals surface area contributed by atoms with E-state index in [9.17, 15) is 13.5 Å². The van der Waals surface area contributed by atoms with Crippen LogP contribution in [0.4, 0.5) is 5.69 Å². The van der Waals surface area contributed by atoms with Gasteiger partial charge in [-0.15, -0.1) is 0 Å². The lowest BCUT2D eigenvalue weighted by atomic mass is 9.78. The first-order valence-electron chi connectivity index (χ1n) is 5.92. The predicted molar refractivity (Wildman–Crippen MR) is 70.3 cm³/mol. The van der Waals surface area contributed by atoms with Crippen LogP contribution in [0.3, 0.4) is 0 Å². The first-order valence-corrected chi connectivity index (χ1v) is 7.57. The smallest absolute Gasteiger partial charge is 0.216 e. The molecule has 0 spiro atoms. The third kappa shape index (κ3) is 3.01. The lowest BCUT2D eigenvalue weighted by molar-refractivity contribution is 0.110. The fourth-order valence-corrected chi connectivity index (χ4v) is 3.73. The molecule has 18 heavy (non-hydrogen) atoms. The molecule has 0 bridgehead atoms. The molecule has 0 saturated heterocycles. The van der Waals surface area contributed by atoms with Crippen LogP contribution in [-0.4, -0.2) is 25.7 Å². The number of anilines is 1. The largest absolute Gasteiger partial charge is 0.399 e. The van der Waals surface area contributed by atoms with Crippen molar-refractivity contribution in [3.8, 4) is 0 Å². The number of nitrogen functional groups attached to an aromatic ring is 1. The molecular weight excluding hydrogens is 252 g/mol. The van der Waals surface area contributed by atoms with Gasteiger partial charge in [0, 0.05) is 5.69 Å². The van der Waals surface area contributed by atoms with Gasteiger partial charge in [-0.25, -0.2) is 13.1 Å². The highest BCUT2D eigenvalue weighted by Gasteiger charge is 2.39. The van der Waals surface area contributed by atoms with Gasteiger partial charge in [0.2, 0.25) is 10.0 Å². The summed E-state index contributed by atoms with van der Waals surface area (Å²) in [5.41, 5.74) is 6.20. The Morgan fingerprint density at radius 2 is 1.89 bits per heavy atom. The summed E-state index contributed by atoms with van der Waals surface area (Å²) < 4.78 is 26.6. The molecule has 100 valence electrons. The summed E-state index contributed by atoms with van der Waals surface area (Å²) in [5.74, 6) is -0.0883. The molecule has 1 aromatic rings. The summed E-state index contributed by atoms with van der Waals surface area (Å²) in [7, 11) is -3.43. The van der Waals surface area contributed by atoms with Gasteiger partial charge in [-0.3, -0.25) is 0 Å². The number of rotatable bonds is 5. The zero-order chi connectivity index (χ0) is 13.2. The molecule has 1 aromatic carbocycles. The summed E-state index contributed by atoms with van der Waals surface area (Å²) in [6.07, 6.45) is 2.35. The number of aliphatic hydroxyl groups is 1. The molecule has 0 unspecified atom stereocenters. The number of hydrogen-bond donors (Lipinski definition) is 3. The van der Waals surface area contributed by atoms with Crippen molar-refractivity contribution in [2.45, 2.75) is 30.6 Å². The van der Waals surface area contributed by atoms with Crippen molar-refractivity contribution in [2.24, 2.45) is 0 Å². The van der Waals surface area contributed by atoms with Crippen LogP contribution in [0.5, 0.6) is 0 Å². The van der Waals surface area contributed by atoms with Crippen molar-refractivity contribution in [1.29, 1.82) is 0 Å². The van der Waals surface area contributed by atoms with E-state index in [1.807, 2.05) is 0 Å². The third-order valence-corrected chi connectivity index (χ3v) is 4.78. The molecule has 0 aliphatic heterocycles. The zero-order valence-corrected chi connectivity index (χ0v) is 10.9. The SMILES string of the molecule is Nc1ccc(CS(=O)(=O)NC2(CO)CCC2)cc1. The zero-order valence-electron chi connectivity index (χ0n) is 10.1. The molecule has 1 saturated carbocycles. The van der Waals surface area contributed by atoms with Crippen LogP contribution in [0.25, 0.3) is 0 Å². The van der Waals surface area contributed by atoms with Crippen molar-refractivity contribution in [3.05, 3.63) is 29.8 Å². The quantitative estimate of drug-likeness (QED) is 0.683. The number of hydrogen-bond acceptors (Lipinski definition) is 4. The van der Waals surface area contributed by atoms with Crippen LogP contribution in [0.15, 0.2) is 24.3 Å². The Kier molecular flexibility index (Phi) is 3.61. The Bertz CT molecular complexity index is 501. The average Bonchev–Trinajstić information content (AvgIpc) is 2.27. The molecule has 0 radical (unpaired) electrons. The number of nitrogens with two attached hydrogens (primary N) is 1. The van der Waals surface area contributed by atoms with Crippen LogP contribution in [-0.2, 0) is 15.8 Å². The van der Waals surface area contributed by atoms with Crippen LogP contribution >= 0.6 is 0 Å². The first-order chi connectivity index (χ1) is 8.45. The second-order valence-corrected chi connectivity index (χ2v) is 6.62. The molecule has 5 nitrogen and oxygen atoms in total. The molecule has 1 aliphatic carbocycles. The molecule has 0 atom stereocenters. The van der Waals surface area contributed by atoms with Gasteiger partial charge in [-0.2, -0.15) is 0 Å². The number of nitrogens with one attached hydrogen (secondary N) is 1. The minimum Gasteiger partial charge on any atom is -0.399 e. The first kappa shape index (κ1) is 13.3. The van der Waals surface area contributed by atoms with Crippen molar-refractivity contribution < 1.29 is 13.5 Å². The highest BCUT2D eigenvalue weighted by molar-refractivity contribution is 7.88. The van der Waals surface area contributed by atoms with E-state index in [1.54, 1.807) is 24.3 Å². The van der Waals surface area contributed by atoms with Gasteiger partial charge in [-0.1, -0.05) is 12.1 Å². The van der Waals surface area contributed by atoms with Gasteiger partial charge in [0.1, 0.15) is 0 Å². The van der Waals surface area contributed by atoms with Gasteiger partial charge in [0.05, 0.1) is 17.9 Å². The highest BCUT2D eigenvalue weighted by Crippen LogP contribution is 2.32. The van der Waals surface area contributed by atoms with Crippen LogP contribution in [0.1, 0.15) is 24.8 Å². The second kappa shape index (κ2) is 4.87. The van der Waals surface area contributed by atoms with E-state index in [1.165, 1.54) is 0 Å². The van der Waals surface area contributed by atoms with E-state index in [-0.39, 0.29) is 12.4 Å². The molecule has 0 heterocycles. The Balaban J connectivity index is 2.05. The maximum absolute atomic E-state index is 12.0. The predicted octanol–water partition coefficient (Wildman–Crippen LogP) is 0.603. The van der Waals surface area contributed by atoms with Crippen LogP contribution in [0.2, 0.25) is 0 Å². The molecule has 6 heteroatoms. The third-order valence-electron chi connectivity index (χ3n) is 3.32. The fourth-order valence-electron chi connectivity index (χ4n) is 2.10. The minimum atomic E-state index is -3.43. The Morgan fingerprint density at radius 3 is 2.33 bits per heavy atom. The maximum atomic E-state index is 12.0. The second-order valence-electron chi connectivity index (χ2n) is 4.89. The van der Waals surface area contributed by atoms with Crippen LogP contribution in [0, 0.1) is 0 Å². The molecule has 4 N–H and O–H groups in total. The highest BCUT2D eigenvalue weighted by atomic mass is 32.2. The lowest BCUT2D eigenvalue weighted by Gasteiger charge is -2.40. The van der Waals surface area contributed by atoms with Crippen molar-refractivity contribution in [3.63, 3.8) is 0 Å². The monoisotopic (exact) mass is 270 g/mol. The number of aliphatic hydroxyl groups excluding tert-OH is 1. The van der Waals surface area contributed by atoms with E-state index in [4.69, 9.17) is 5.73 Å². The Labute approximate surface area is 107 Å². The summed E-state index contributed by atoms with van der Waals surface area (Å²) in [4.78, 5) is 0. The molecule has 0 amide bonds. The Morgan fingerprint density at radius 1 is 1.28 bits per heavy atom. The van der Waals surface area contributed by atoms with Gasteiger partial charge >= 0.3 is 0 Å². The van der Waals surface area contributed by atoms with Crippen molar-refractivity contribution in [2.75, 3.05) is 12.3 Å². The van der Waals surface area contributed by atoms with Gasteiger partial charge in [-0.05, 0) is 37.0 Å². The maximum Gasteiger partial charge on any atom is 0.216 e. The summed E-state index contributed by atoms with van der Waals surface area (Å²) in [6, 6.07) is 6.74. The summed E-state index contributed by atoms with van der Waals surface area (Å²) in [5, 5.41) is 9.26. The topological polar surface area (TPSA) is 92.4 Å². The van der Waals surface area contributed by atoms with E-state index >= 15 is 0 Å². The summed E-state index contributed by atoms with van der Waals surface area (Å²) >= 11 is 0. The molecular formula is C12H18N2O3S. The van der Waals surface area contributed by atoms with Gasteiger partial charge in [0.15, 0.2) is 0 Å². The van der Waals surface area contributed by atoms with E-state index in [2.05, 4.69) is 4.72 Å². The fraction of sp³-hybridized carbons (Fsp3) is 0.500. The van der Waals surface area contributed by atoms with Gasteiger partial charge < -0.3 is 10.8 Å².